The van der Waals surface area contributed by atoms with E-state index in [1.807, 2.05) is 0 Å². The molecule has 2 aromatic rings. The van der Waals surface area contributed by atoms with Crippen molar-refractivity contribution < 1.29 is 9.53 Å². The molecule has 0 atom stereocenters. The number of rotatable bonds is 5. The number of unbranched alkanes of at least 4 members (excludes halogenated alkanes) is 2. The molecule has 0 saturated heterocycles. The highest BCUT2D eigenvalue weighted by Gasteiger charge is 2.15. The van der Waals surface area contributed by atoms with Gasteiger partial charge in [0.1, 0.15) is 0 Å². The van der Waals surface area contributed by atoms with Gasteiger partial charge in [0.15, 0.2) is 0 Å². The van der Waals surface area contributed by atoms with Crippen LogP contribution in [0.4, 0.5) is 0 Å². The number of carbonyl (C=O) groups is 1. The molecule has 5 nitrogen and oxygen atoms in total. The summed E-state index contributed by atoms with van der Waals surface area (Å²) in [4.78, 5) is 16.4. The van der Waals surface area contributed by atoms with E-state index in [9.17, 15) is 4.79 Å². The maximum absolute atomic E-state index is 11.7. The second-order valence-electron chi connectivity index (χ2n) is 3.43. The van der Waals surface area contributed by atoms with E-state index in [1.54, 1.807) is 16.8 Å². The predicted molar refractivity (Wildman–Crippen MR) is 60.7 cm³/mol. The summed E-state index contributed by atoms with van der Waals surface area (Å²) in [6, 6.07) is 0. The van der Waals surface area contributed by atoms with Gasteiger partial charge in [0.25, 0.3) is 0 Å². The highest BCUT2D eigenvalue weighted by molar-refractivity contribution is 7.11. The first-order valence-electron chi connectivity index (χ1n) is 5.28. The first-order chi connectivity index (χ1) is 7.83. The number of esters is 1. The topological polar surface area (TPSA) is 56.5 Å². The molecule has 2 heterocycles. The number of imidazole rings is 1. The van der Waals surface area contributed by atoms with Gasteiger partial charge in [-0.15, -0.1) is 0 Å². The molecule has 6 heteroatoms. The van der Waals surface area contributed by atoms with Gasteiger partial charge in [0, 0.05) is 23.9 Å². The Balaban J connectivity index is 1.97. The zero-order valence-electron chi connectivity index (χ0n) is 9.05. The third kappa shape index (κ3) is 2.21. The molecule has 86 valence electrons. The predicted octanol–water partition coefficient (Wildman–Crippen LogP) is 2.14. The Labute approximate surface area is 97.2 Å². The van der Waals surface area contributed by atoms with Crippen LogP contribution in [0.5, 0.6) is 0 Å². The second kappa shape index (κ2) is 5.07. The van der Waals surface area contributed by atoms with E-state index < -0.39 is 0 Å². The lowest BCUT2D eigenvalue weighted by atomic mass is 10.3. The average Bonchev–Trinajstić information content (AvgIpc) is 2.85. The minimum Gasteiger partial charge on any atom is -0.460 e. The van der Waals surface area contributed by atoms with Gasteiger partial charge in [0.05, 0.1) is 6.61 Å². The van der Waals surface area contributed by atoms with Crippen LogP contribution in [0.1, 0.15) is 36.8 Å². The Morgan fingerprint density at radius 2 is 2.44 bits per heavy atom. The van der Waals surface area contributed by atoms with Crippen LogP contribution in [0.15, 0.2) is 12.4 Å². The molecule has 0 unspecified atom stereocenters. The van der Waals surface area contributed by atoms with Crippen molar-refractivity contribution in [1.82, 2.24) is 13.8 Å². The zero-order chi connectivity index (χ0) is 11.4. The highest BCUT2D eigenvalue weighted by Crippen LogP contribution is 2.11. The van der Waals surface area contributed by atoms with Crippen molar-refractivity contribution >= 4 is 22.5 Å². The minimum atomic E-state index is -0.375. The Bertz CT molecular complexity index is 477. The van der Waals surface area contributed by atoms with E-state index >= 15 is 0 Å². The quantitative estimate of drug-likeness (QED) is 0.592. The van der Waals surface area contributed by atoms with Crippen molar-refractivity contribution in [2.75, 3.05) is 6.61 Å². The molecule has 0 aliphatic rings. The smallest absolute Gasteiger partial charge is 0.376 e. The van der Waals surface area contributed by atoms with Crippen molar-refractivity contribution in [3.05, 3.63) is 18.2 Å². The molecule has 2 aromatic heterocycles. The normalized spacial score (nSPS) is 10.8. The summed E-state index contributed by atoms with van der Waals surface area (Å²) in [6.45, 7) is 2.57. The van der Waals surface area contributed by atoms with Crippen molar-refractivity contribution in [3.8, 4) is 0 Å². The van der Waals surface area contributed by atoms with Gasteiger partial charge in [-0.1, -0.05) is 19.8 Å². The highest BCUT2D eigenvalue weighted by atomic mass is 32.1. The van der Waals surface area contributed by atoms with Crippen molar-refractivity contribution in [2.24, 2.45) is 0 Å². The fraction of sp³-hybridized carbons (Fsp3) is 0.500. The molecular weight excluding hydrogens is 226 g/mol. The number of hydrogen-bond donors (Lipinski definition) is 0. The molecule has 0 bridgehead atoms. The largest absolute Gasteiger partial charge is 0.460 e. The van der Waals surface area contributed by atoms with Crippen LogP contribution < -0.4 is 0 Å². The standard InChI is InChI=1S/C10H13N3O2S/c1-2-3-4-7-15-9(14)8-12-16-10-11-5-6-13(8)10/h5-6H,2-4,7H2,1H3. The molecule has 0 aliphatic heterocycles. The molecule has 0 amide bonds. The van der Waals surface area contributed by atoms with Crippen LogP contribution in [0.2, 0.25) is 0 Å². The maximum atomic E-state index is 11.7. The summed E-state index contributed by atoms with van der Waals surface area (Å²) in [5, 5.41) is 0. The number of aromatic nitrogens is 3. The third-order valence-corrected chi connectivity index (χ3v) is 2.94. The zero-order valence-corrected chi connectivity index (χ0v) is 9.87. The van der Waals surface area contributed by atoms with Gasteiger partial charge in [-0.05, 0) is 6.42 Å². The Kier molecular flexibility index (Phi) is 3.51. The molecule has 0 fully saturated rings. The average molecular weight is 239 g/mol. The molecule has 0 N–H and O–H groups in total. The minimum absolute atomic E-state index is 0.314. The van der Waals surface area contributed by atoms with Gasteiger partial charge < -0.3 is 4.74 Å². The molecular formula is C10H13N3O2S. The Morgan fingerprint density at radius 1 is 1.56 bits per heavy atom. The summed E-state index contributed by atoms with van der Waals surface area (Å²) in [6.07, 6.45) is 6.44. The van der Waals surface area contributed by atoms with Gasteiger partial charge in [-0.2, -0.15) is 4.37 Å². The van der Waals surface area contributed by atoms with Crippen LogP contribution in [0.3, 0.4) is 0 Å². The van der Waals surface area contributed by atoms with E-state index in [0.717, 1.165) is 19.3 Å². The Morgan fingerprint density at radius 3 is 3.25 bits per heavy atom. The molecule has 0 spiro atoms. The van der Waals surface area contributed by atoms with Crippen LogP contribution in [0.25, 0.3) is 4.96 Å². The number of carbonyl (C=O) groups excluding carboxylic acids is 1. The molecule has 0 aliphatic carbocycles. The Hall–Kier alpha value is -1.43. The van der Waals surface area contributed by atoms with Crippen molar-refractivity contribution in [1.29, 1.82) is 0 Å². The summed E-state index contributed by atoms with van der Waals surface area (Å²) in [7, 11) is 0. The van der Waals surface area contributed by atoms with Gasteiger partial charge in [-0.3, -0.25) is 4.40 Å². The summed E-state index contributed by atoms with van der Waals surface area (Å²) in [5.74, 6) is -0.0608. The van der Waals surface area contributed by atoms with Gasteiger partial charge in [-0.25, -0.2) is 9.78 Å². The lowest BCUT2D eigenvalue weighted by Crippen LogP contribution is -2.10. The van der Waals surface area contributed by atoms with E-state index in [-0.39, 0.29) is 5.97 Å². The number of nitrogens with zero attached hydrogens (tertiary/aromatic N) is 3. The molecule has 0 aromatic carbocycles. The van der Waals surface area contributed by atoms with E-state index in [1.165, 1.54) is 11.5 Å². The molecule has 0 radical (unpaired) electrons. The second-order valence-corrected chi connectivity index (χ2v) is 4.16. The maximum Gasteiger partial charge on any atom is 0.376 e. The SMILES string of the molecule is CCCCCOC(=O)c1nsc2nccn12. The molecule has 0 saturated carbocycles. The van der Waals surface area contributed by atoms with E-state index in [4.69, 9.17) is 4.74 Å². The monoisotopic (exact) mass is 239 g/mol. The lowest BCUT2D eigenvalue weighted by molar-refractivity contribution is 0.0483. The number of hydrogen-bond acceptors (Lipinski definition) is 5. The van der Waals surface area contributed by atoms with E-state index in [0.29, 0.717) is 17.4 Å². The summed E-state index contributed by atoms with van der Waals surface area (Å²) in [5.41, 5.74) is 0. The van der Waals surface area contributed by atoms with Crippen LogP contribution in [-0.2, 0) is 4.74 Å². The fourth-order valence-corrected chi connectivity index (χ4v) is 2.04. The van der Waals surface area contributed by atoms with Crippen molar-refractivity contribution in [3.63, 3.8) is 0 Å². The van der Waals surface area contributed by atoms with Crippen LogP contribution in [-0.4, -0.2) is 26.3 Å². The fourth-order valence-electron chi connectivity index (χ4n) is 1.36. The summed E-state index contributed by atoms with van der Waals surface area (Å²) >= 11 is 1.19. The number of ether oxygens (including phenoxy) is 1. The third-order valence-electron chi connectivity index (χ3n) is 2.21. The summed E-state index contributed by atoms with van der Waals surface area (Å²) < 4.78 is 10.8. The van der Waals surface area contributed by atoms with Gasteiger partial charge >= 0.3 is 5.97 Å². The van der Waals surface area contributed by atoms with Crippen LogP contribution in [0, 0.1) is 0 Å². The van der Waals surface area contributed by atoms with E-state index in [2.05, 4.69) is 16.3 Å². The molecule has 2 rings (SSSR count). The number of fused-ring (bicyclic) bond motifs is 1. The lowest BCUT2D eigenvalue weighted by Gasteiger charge is -2.01. The van der Waals surface area contributed by atoms with Crippen molar-refractivity contribution in [2.45, 2.75) is 26.2 Å². The molecule has 16 heavy (non-hydrogen) atoms. The van der Waals surface area contributed by atoms with Gasteiger partial charge in [0.2, 0.25) is 10.8 Å². The first kappa shape index (κ1) is 11.1. The van der Waals surface area contributed by atoms with Crippen LogP contribution >= 0.6 is 11.5 Å². The first-order valence-corrected chi connectivity index (χ1v) is 6.06.